The van der Waals surface area contributed by atoms with Gasteiger partial charge in [-0.3, -0.25) is 4.79 Å². The molecular weight excluding hydrogens is 200 g/mol. The summed E-state index contributed by atoms with van der Waals surface area (Å²) in [6.45, 7) is 0. The van der Waals surface area contributed by atoms with E-state index in [9.17, 15) is 9.90 Å². The van der Waals surface area contributed by atoms with E-state index in [1.165, 1.54) is 0 Å². The Morgan fingerprint density at radius 1 is 1.06 bits per heavy atom. The van der Waals surface area contributed by atoms with Crippen molar-refractivity contribution in [3.8, 4) is 0 Å². The number of rotatable bonds is 5. The summed E-state index contributed by atoms with van der Waals surface area (Å²) in [6, 6.07) is 0. The van der Waals surface area contributed by atoms with Crippen molar-refractivity contribution in [3.63, 3.8) is 0 Å². The first-order valence-electron chi connectivity index (χ1n) is 5.68. The highest BCUT2D eigenvalue weighted by atomic mass is 16.3. The first-order chi connectivity index (χ1) is 7.77. The molecule has 1 unspecified atom stereocenters. The number of carbonyl (C=O) groups is 1. The van der Waals surface area contributed by atoms with Crippen LogP contribution in [0.5, 0.6) is 0 Å². The molecule has 0 saturated carbocycles. The Kier molecular flexibility index (Phi) is 3.52. The summed E-state index contributed by atoms with van der Waals surface area (Å²) in [7, 11) is 0. The molecule has 0 saturated heterocycles. The second-order valence-electron chi connectivity index (χ2n) is 4.22. The number of aliphatic hydroxyl groups excluding tert-OH is 1. The minimum Gasteiger partial charge on any atom is -0.392 e. The van der Waals surface area contributed by atoms with Crippen LogP contribution in [0, 0.1) is 11.8 Å². The van der Waals surface area contributed by atoms with E-state index >= 15 is 0 Å². The molecule has 2 nitrogen and oxygen atoms in total. The third-order valence-corrected chi connectivity index (χ3v) is 3.03. The molecule has 84 valence electrons. The zero-order valence-electron chi connectivity index (χ0n) is 9.12. The smallest absolute Gasteiger partial charge is 0.143 e. The van der Waals surface area contributed by atoms with E-state index in [0.29, 0.717) is 12.8 Å². The van der Waals surface area contributed by atoms with E-state index in [4.69, 9.17) is 0 Å². The number of ketones is 1. The van der Waals surface area contributed by atoms with Crippen LogP contribution in [0.15, 0.2) is 48.6 Å². The molecule has 0 spiro atoms. The fourth-order valence-corrected chi connectivity index (χ4v) is 2.00. The van der Waals surface area contributed by atoms with E-state index in [-0.39, 0.29) is 17.6 Å². The van der Waals surface area contributed by atoms with Gasteiger partial charge in [0.2, 0.25) is 0 Å². The van der Waals surface area contributed by atoms with Crippen LogP contribution in [0.25, 0.3) is 0 Å². The number of carbonyl (C=O) groups excluding carboxylic acids is 1. The third kappa shape index (κ3) is 2.58. The van der Waals surface area contributed by atoms with Crippen LogP contribution >= 0.6 is 0 Å². The summed E-state index contributed by atoms with van der Waals surface area (Å²) in [5, 5.41) is 9.85. The Morgan fingerprint density at radius 2 is 1.62 bits per heavy atom. The highest BCUT2D eigenvalue weighted by Crippen LogP contribution is 2.19. The van der Waals surface area contributed by atoms with Gasteiger partial charge in [-0.2, -0.15) is 0 Å². The fourth-order valence-electron chi connectivity index (χ4n) is 2.00. The zero-order valence-corrected chi connectivity index (χ0v) is 9.12. The maximum Gasteiger partial charge on any atom is 0.143 e. The van der Waals surface area contributed by atoms with Crippen LogP contribution in [0.2, 0.25) is 0 Å². The molecule has 0 aliphatic heterocycles. The van der Waals surface area contributed by atoms with Gasteiger partial charge in [0.1, 0.15) is 5.78 Å². The van der Waals surface area contributed by atoms with Crippen LogP contribution in [0.4, 0.5) is 0 Å². The predicted molar refractivity (Wildman–Crippen MR) is 63.8 cm³/mol. The lowest BCUT2D eigenvalue weighted by Crippen LogP contribution is -2.19. The lowest BCUT2D eigenvalue weighted by atomic mass is 9.95. The molecule has 0 amide bonds. The molecule has 0 fully saturated rings. The van der Waals surface area contributed by atoms with Gasteiger partial charge in [-0.05, 0) is 6.42 Å². The quantitative estimate of drug-likeness (QED) is 0.764. The lowest BCUT2D eigenvalue weighted by Gasteiger charge is -2.14. The highest BCUT2D eigenvalue weighted by molar-refractivity contribution is 5.85. The fraction of sp³-hybridized carbons (Fsp3) is 0.357. The molecule has 0 bridgehead atoms. The topological polar surface area (TPSA) is 37.3 Å². The number of aliphatic hydroxyl groups is 1. The molecule has 2 aliphatic rings. The van der Waals surface area contributed by atoms with E-state index in [0.717, 1.165) is 0 Å². The summed E-state index contributed by atoms with van der Waals surface area (Å²) in [5.74, 6) is 0.208. The average Bonchev–Trinajstić information content (AvgIpc) is 2.95. The van der Waals surface area contributed by atoms with Crippen molar-refractivity contribution in [2.45, 2.75) is 18.9 Å². The van der Waals surface area contributed by atoms with Crippen LogP contribution in [-0.4, -0.2) is 17.0 Å². The van der Waals surface area contributed by atoms with Gasteiger partial charge in [-0.15, -0.1) is 0 Å². The molecule has 0 heterocycles. The van der Waals surface area contributed by atoms with Gasteiger partial charge in [0, 0.05) is 12.3 Å². The molecule has 0 aromatic carbocycles. The van der Waals surface area contributed by atoms with E-state index in [1.54, 1.807) is 0 Å². The van der Waals surface area contributed by atoms with Crippen molar-refractivity contribution in [2.75, 3.05) is 0 Å². The van der Waals surface area contributed by atoms with E-state index in [2.05, 4.69) is 0 Å². The molecule has 2 aliphatic carbocycles. The van der Waals surface area contributed by atoms with Crippen LogP contribution in [-0.2, 0) is 4.79 Å². The molecule has 16 heavy (non-hydrogen) atoms. The first kappa shape index (κ1) is 11.1. The predicted octanol–water partition coefficient (Wildman–Crippen LogP) is 2.18. The van der Waals surface area contributed by atoms with Crippen molar-refractivity contribution >= 4 is 5.78 Å². The second-order valence-corrected chi connectivity index (χ2v) is 4.22. The first-order valence-corrected chi connectivity index (χ1v) is 5.68. The molecule has 2 heteroatoms. The monoisotopic (exact) mass is 216 g/mol. The summed E-state index contributed by atoms with van der Waals surface area (Å²) in [5.41, 5.74) is 0. The van der Waals surface area contributed by atoms with Gasteiger partial charge in [0.15, 0.2) is 0 Å². The van der Waals surface area contributed by atoms with Crippen molar-refractivity contribution in [1.29, 1.82) is 0 Å². The summed E-state index contributed by atoms with van der Waals surface area (Å²) in [4.78, 5) is 11.7. The Bertz CT molecular complexity index is 350. The summed E-state index contributed by atoms with van der Waals surface area (Å²) >= 11 is 0. The standard InChI is InChI=1S/C14H16O2/c15-13(11-5-1-2-6-11)9-10-14(16)12-7-3-4-8-12/h1-8,11-13,15H,9-10H2. The Morgan fingerprint density at radius 3 is 2.25 bits per heavy atom. The molecule has 1 atom stereocenters. The SMILES string of the molecule is O=C(CCC(O)C1C=CC=C1)C1C=CC=C1. The van der Waals surface area contributed by atoms with Crippen LogP contribution in [0.3, 0.4) is 0 Å². The highest BCUT2D eigenvalue weighted by Gasteiger charge is 2.19. The molecule has 0 radical (unpaired) electrons. The number of hydrogen-bond acceptors (Lipinski definition) is 2. The largest absolute Gasteiger partial charge is 0.392 e. The number of Topliss-reactive ketones (excluding diaryl/α,β-unsaturated/α-hetero) is 1. The van der Waals surface area contributed by atoms with Crippen molar-refractivity contribution < 1.29 is 9.90 Å². The van der Waals surface area contributed by atoms with Gasteiger partial charge in [-0.25, -0.2) is 0 Å². The molecule has 1 N–H and O–H groups in total. The third-order valence-electron chi connectivity index (χ3n) is 3.03. The summed E-state index contributed by atoms with van der Waals surface area (Å²) in [6.07, 6.45) is 15.9. The molecule has 0 aromatic heterocycles. The number of allylic oxidation sites excluding steroid dienone is 6. The van der Waals surface area contributed by atoms with E-state index < -0.39 is 6.10 Å². The molecule has 0 aromatic rings. The van der Waals surface area contributed by atoms with Gasteiger partial charge >= 0.3 is 0 Å². The Hall–Kier alpha value is -1.41. The van der Waals surface area contributed by atoms with Crippen LogP contribution in [0.1, 0.15) is 12.8 Å². The molecule has 2 rings (SSSR count). The second kappa shape index (κ2) is 5.08. The Labute approximate surface area is 95.7 Å². The van der Waals surface area contributed by atoms with Crippen LogP contribution < -0.4 is 0 Å². The maximum atomic E-state index is 11.7. The minimum atomic E-state index is -0.437. The van der Waals surface area contributed by atoms with Crippen molar-refractivity contribution in [3.05, 3.63) is 48.6 Å². The van der Waals surface area contributed by atoms with Gasteiger partial charge < -0.3 is 5.11 Å². The van der Waals surface area contributed by atoms with Gasteiger partial charge in [0.05, 0.1) is 12.0 Å². The van der Waals surface area contributed by atoms with E-state index in [1.807, 2.05) is 48.6 Å². The Balaban J connectivity index is 1.76. The zero-order chi connectivity index (χ0) is 11.4. The maximum absolute atomic E-state index is 11.7. The average molecular weight is 216 g/mol. The van der Waals surface area contributed by atoms with Crippen molar-refractivity contribution in [2.24, 2.45) is 11.8 Å². The van der Waals surface area contributed by atoms with Gasteiger partial charge in [0.25, 0.3) is 0 Å². The number of hydrogen-bond donors (Lipinski definition) is 1. The van der Waals surface area contributed by atoms with Crippen molar-refractivity contribution in [1.82, 2.24) is 0 Å². The van der Waals surface area contributed by atoms with Gasteiger partial charge in [-0.1, -0.05) is 48.6 Å². The lowest BCUT2D eigenvalue weighted by molar-refractivity contribution is -0.120. The minimum absolute atomic E-state index is 0.0677. The summed E-state index contributed by atoms with van der Waals surface area (Å²) < 4.78 is 0. The molecular formula is C14H16O2. The normalized spacial score (nSPS) is 21.1.